The quantitative estimate of drug-likeness (QED) is 0.585. The van der Waals surface area contributed by atoms with Crippen LogP contribution in [0.4, 0.5) is 5.69 Å². The summed E-state index contributed by atoms with van der Waals surface area (Å²) in [5.41, 5.74) is 2.01. The lowest BCUT2D eigenvalue weighted by atomic mass is 10.0. The zero-order valence-electron chi connectivity index (χ0n) is 15.6. The smallest absolute Gasteiger partial charge is 0.251 e. The Hall–Kier alpha value is -3.12. The molecule has 28 heavy (non-hydrogen) atoms. The summed E-state index contributed by atoms with van der Waals surface area (Å²) in [6, 6.07) is 13.2. The molecule has 0 saturated carbocycles. The molecule has 0 spiro atoms. The number of hydrogen-bond acceptors (Lipinski definition) is 3. The summed E-state index contributed by atoms with van der Waals surface area (Å²) in [6.07, 6.45) is 3.43. The van der Waals surface area contributed by atoms with Gasteiger partial charge in [-0.15, -0.1) is 0 Å². The molecule has 0 saturated heterocycles. The Balaban J connectivity index is 1.67. The Kier molecular flexibility index (Phi) is 6.11. The van der Waals surface area contributed by atoms with Crippen molar-refractivity contribution in [2.75, 3.05) is 5.32 Å². The Labute approximate surface area is 168 Å². The first-order valence-electron chi connectivity index (χ1n) is 8.91. The van der Waals surface area contributed by atoms with E-state index in [2.05, 4.69) is 20.6 Å². The number of aromatic amines is 1. The first kappa shape index (κ1) is 19.6. The normalized spacial score (nSPS) is 11.9. The number of nitrogens with one attached hydrogen (secondary N) is 3. The van der Waals surface area contributed by atoms with Gasteiger partial charge in [0.25, 0.3) is 5.91 Å². The zero-order valence-corrected chi connectivity index (χ0v) is 16.3. The number of imidazole rings is 1. The fraction of sp³-hybridized carbons (Fsp3) is 0.190. The highest BCUT2D eigenvalue weighted by molar-refractivity contribution is 6.30. The third-order valence-electron chi connectivity index (χ3n) is 4.27. The van der Waals surface area contributed by atoms with Crippen molar-refractivity contribution in [2.24, 2.45) is 5.92 Å². The molecule has 2 aromatic carbocycles. The standard InChI is InChI=1S/C21H21ClN4O2/c1-13(2)18(26-20(27)15-3-7-16(22)8-4-15)21(28)25-17-9-5-14(6-10-17)19-23-11-12-24-19/h3-13,18H,1-2H3,(H,23,24)(H,25,28)(H,26,27). The molecule has 3 rings (SSSR count). The first-order chi connectivity index (χ1) is 13.4. The van der Waals surface area contributed by atoms with E-state index in [0.29, 0.717) is 16.3 Å². The molecule has 144 valence electrons. The van der Waals surface area contributed by atoms with Crippen LogP contribution >= 0.6 is 11.6 Å². The van der Waals surface area contributed by atoms with Gasteiger partial charge in [-0.25, -0.2) is 4.98 Å². The summed E-state index contributed by atoms with van der Waals surface area (Å²) in [4.78, 5) is 32.4. The maximum Gasteiger partial charge on any atom is 0.251 e. The minimum absolute atomic E-state index is 0.0846. The van der Waals surface area contributed by atoms with E-state index < -0.39 is 6.04 Å². The highest BCUT2D eigenvalue weighted by atomic mass is 35.5. The SMILES string of the molecule is CC(C)C(NC(=O)c1ccc(Cl)cc1)C(=O)Nc1ccc(-c2ncc[nH]2)cc1. The van der Waals surface area contributed by atoms with E-state index in [9.17, 15) is 9.59 Å². The summed E-state index contributed by atoms with van der Waals surface area (Å²) < 4.78 is 0. The number of hydrogen-bond donors (Lipinski definition) is 3. The maximum absolute atomic E-state index is 12.7. The Morgan fingerprint density at radius 3 is 2.29 bits per heavy atom. The molecule has 0 aliphatic heterocycles. The van der Waals surface area contributed by atoms with Crippen LogP contribution < -0.4 is 10.6 Å². The lowest BCUT2D eigenvalue weighted by Gasteiger charge is -2.22. The third kappa shape index (κ3) is 4.78. The molecule has 3 aromatic rings. The lowest BCUT2D eigenvalue weighted by molar-refractivity contribution is -0.118. The zero-order chi connectivity index (χ0) is 20.1. The second-order valence-electron chi connectivity index (χ2n) is 6.71. The van der Waals surface area contributed by atoms with Crippen LogP contribution in [0.2, 0.25) is 5.02 Å². The van der Waals surface area contributed by atoms with Crippen LogP contribution in [-0.4, -0.2) is 27.8 Å². The molecular formula is C21H21ClN4O2. The summed E-state index contributed by atoms with van der Waals surface area (Å²) in [6.45, 7) is 3.76. The molecule has 2 amide bonds. The number of rotatable bonds is 6. The summed E-state index contributed by atoms with van der Waals surface area (Å²) in [7, 11) is 0. The monoisotopic (exact) mass is 396 g/mol. The second-order valence-corrected chi connectivity index (χ2v) is 7.14. The fourth-order valence-electron chi connectivity index (χ4n) is 2.72. The van der Waals surface area contributed by atoms with Gasteiger partial charge in [-0.2, -0.15) is 0 Å². The van der Waals surface area contributed by atoms with E-state index in [1.807, 2.05) is 26.0 Å². The number of carbonyl (C=O) groups is 2. The highest BCUT2D eigenvalue weighted by Crippen LogP contribution is 2.18. The molecule has 1 heterocycles. The van der Waals surface area contributed by atoms with Crippen LogP contribution in [0.1, 0.15) is 24.2 Å². The van der Waals surface area contributed by atoms with Crippen LogP contribution in [-0.2, 0) is 4.79 Å². The molecule has 0 fully saturated rings. The molecular weight excluding hydrogens is 376 g/mol. The maximum atomic E-state index is 12.7. The molecule has 0 bridgehead atoms. The van der Waals surface area contributed by atoms with Gasteiger partial charge in [0.2, 0.25) is 5.91 Å². The van der Waals surface area contributed by atoms with E-state index in [1.54, 1.807) is 48.8 Å². The highest BCUT2D eigenvalue weighted by Gasteiger charge is 2.24. The number of halogens is 1. The molecule has 0 radical (unpaired) electrons. The topological polar surface area (TPSA) is 86.9 Å². The number of aromatic nitrogens is 2. The second kappa shape index (κ2) is 8.71. The Bertz CT molecular complexity index is 936. The minimum atomic E-state index is -0.673. The average Bonchev–Trinajstić information content (AvgIpc) is 3.21. The summed E-state index contributed by atoms with van der Waals surface area (Å²) in [5.74, 6) is 0.0774. The van der Waals surface area contributed by atoms with E-state index in [1.165, 1.54) is 0 Å². The van der Waals surface area contributed by atoms with Crippen molar-refractivity contribution < 1.29 is 9.59 Å². The van der Waals surface area contributed by atoms with Crippen molar-refractivity contribution in [2.45, 2.75) is 19.9 Å². The van der Waals surface area contributed by atoms with E-state index in [-0.39, 0.29) is 17.7 Å². The van der Waals surface area contributed by atoms with Gasteiger partial charge in [-0.3, -0.25) is 9.59 Å². The van der Waals surface area contributed by atoms with Crippen LogP contribution in [0, 0.1) is 5.92 Å². The Morgan fingerprint density at radius 2 is 1.71 bits per heavy atom. The molecule has 0 aliphatic carbocycles. The van der Waals surface area contributed by atoms with E-state index >= 15 is 0 Å². The largest absolute Gasteiger partial charge is 0.345 e. The fourth-order valence-corrected chi connectivity index (χ4v) is 2.84. The van der Waals surface area contributed by atoms with Crippen LogP contribution in [0.5, 0.6) is 0 Å². The van der Waals surface area contributed by atoms with E-state index in [0.717, 1.165) is 11.4 Å². The average molecular weight is 397 g/mol. The molecule has 1 aromatic heterocycles. The van der Waals surface area contributed by atoms with Crippen LogP contribution in [0.15, 0.2) is 60.9 Å². The third-order valence-corrected chi connectivity index (χ3v) is 4.52. The number of benzene rings is 2. The molecule has 1 atom stereocenters. The molecule has 6 nitrogen and oxygen atoms in total. The number of amides is 2. The van der Waals surface area contributed by atoms with Crippen molar-refractivity contribution >= 4 is 29.1 Å². The van der Waals surface area contributed by atoms with E-state index in [4.69, 9.17) is 11.6 Å². The van der Waals surface area contributed by atoms with Gasteiger partial charge in [0.15, 0.2) is 0 Å². The number of nitrogens with zero attached hydrogens (tertiary/aromatic N) is 1. The van der Waals surface area contributed by atoms with Crippen LogP contribution in [0.25, 0.3) is 11.4 Å². The van der Waals surface area contributed by atoms with Crippen molar-refractivity contribution in [3.63, 3.8) is 0 Å². The van der Waals surface area contributed by atoms with Gasteiger partial charge in [0, 0.05) is 34.2 Å². The van der Waals surface area contributed by atoms with Gasteiger partial charge >= 0.3 is 0 Å². The number of anilines is 1. The van der Waals surface area contributed by atoms with Gasteiger partial charge < -0.3 is 15.6 Å². The Morgan fingerprint density at radius 1 is 1.04 bits per heavy atom. The molecule has 1 unspecified atom stereocenters. The van der Waals surface area contributed by atoms with Gasteiger partial charge in [-0.1, -0.05) is 25.4 Å². The lowest BCUT2D eigenvalue weighted by Crippen LogP contribution is -2.47. The number of carbonyl (C=O) groups excluding carboxylic acids is 2. The summed E-state index contributed by atoms with van der Waals surface area (Å²) in [5, 5.41) is 6.20. The molecule has 0 aliphatic rings. The predicted octanol–water partition coefficient (Wildman–Crippen LogP) is 4.12. The van der Waals surface area contributed by atoms with Crippen molar-refractivity contribution in [1.29, 1.82) is 0 Å². The summed E-state index contributed by atoms with van der Waals surface area (Å²) >= 11 is 5.86. The van der Waals surface area contributed by atoms with Gasteiger partial charge in [-0.05, 0) is 54.4 Å². The van der Waals surface area contributed by atoms with Crippen molar-refractivity contribution in [3.8, 4) is 11.4 Å². The van der Waals surface area contributed by atoms with Crippen LogP contribution in [0.3, 0.4) is 0 Å². The van der Waals surface area contributed by atoms with Gasteiger partial charge in [0.1, 0.15) is 11.9 Å². The first-order valence-corrected chi connectivity index (χ1v) is 9.29. The minimum Gasteiger partial charge on any atom is -0.345 e. The molecule has 7 heteroatoms. The molecule has 3 N–H and O–H groups in total. The van der Waals surface area contributed by atoms with Gasteiger partial charge in [0.05, 0.1) is 0 Å². The van der Waals surface area contributed by atoms with Crippen molar-refractivity contribution in [1.82, 2.24) is 15.3 Å². The number of H-pyrrole nitrogens is 1. The van der Waals surface area contributed by atoms with Crippen molar-refractivity contribution in [3.05, 3.63) is 71.5 Å². The predicted molar refractivity (Wildman–Crippen MR) is 110 cm³/mol.